The Morgan fingerprint density at radius 2 is 1.75 bits per heavy atom. The second-order valence-electron chi connectivity index (χ2n) is 8.91. The summed E-state index contributed by atoms with van der Waals surface area (Å²) in [6.45, 7) is 0.277. The Morgan fingerprint density at radius 3 is 2.58 bits per heavy atom. The van der Waals surface area contributed by atoms with E-state index in [1.54, 1.807) is 55.8 Å². The summed E-state index contributed by atoms with van der Waals surface area (Å²) in [7, 11) is 1.56. The molecule has 0 saturated heterocycles. The molecule has 9 heteroatoms. The van der Waals surface area contributed by atoms with Crippen LogP contribution >= 0.6 is 23.2 Å². The Bertz CT molecular complexity index is 1930. The Kier molecular flexibility index (Phi) is 6.99. The molecule has 40 heavy (non-hydrogen) atoms. The van der Waals surface area contributed by atoms with Gasteiger partial charge in [-0.2, -0.15) is 9.78 Å². The minimum atomic E-state index is -0.314. The first-order valence-electron chi connectivity index (χ1n) is 12.3. The molecule has 0 saturated carbocycles. The van der Waals surface area contributed by atoms with E-state index >= 15 is 0 Å². The van der Waals surface area contributed by atoms with Crippen molar-refractivity contribution in [1.29, 1.82) is 0 Å². The molecule has 198 valence electrons. The van der Waals surface area contributed by atoms with Gasteiger partial charge in [0.2, 0.25) is 5.82 Å². The zero-order valence-electron chi connectivity index (χ0n) is 21.2. The van der Waals surface area contributed by atoms with Gasteiger partial charge in [-0.25, -0.2) is 4.98 Å². The summed E-state index contributed by atoms with van der Waals surface area (Å²) in [5, 5.41) is 6.81. The number of benzene rings is 4. The lowest BCUT2D eigenvalue weighted by Crippen LogP contribution is -2.20. The van der Waals surface area contributed by atoms with Gasteiger partial charge in [0, 0.05) is 5.39 Å². The number of hydrogen-bond donors (Lipinski definition) is 0. The van der Waals surface area contributed by atoms with E-state index in [2.05, 4.69) is 5.10 Å². The van der Waals surface area contributed by atoms with Gasteiger partial charge < -0.3 is 13.9 Å². The van der Waals surface area contributed by atoms with Crippen LogP contribution in [0.5, 0.6) is 11.5 Å². The largest absolute Gasteiger partial charge is 0.493 e. The van der Waals surface area contributed by atoms with Gasteiger partial charge in [0.1, 0.15) is 12.2 Å². The molecular formula is C31H21Cl2N3O4. The number of hydrogen-bond acceptors (Lipinski definition) is 6. The Balaban J connectivity index is 1.35. The summed E-state index contributed by atoms with van der Waals surface area (Å²) in [6.07, 6.45) is 1.56. The number of nitrogens with zero attached hydrogens (tertiary/aromatic N) is 3. The van der Waals surface area contributed by atoms with E-state index in [1.807, 2.05) is 48.5 Å². The van der Waals surface area contributed by atoms with E-state index in [9.17, 15) is 4.79 Å². The molecule has 2 aromatic heterocycles. The van der Waals surface area contributed by atoms with Crippen molar-refractivity contribution in [3.63, 3.8) is 0 Å². The molecule has 0 unspecified atom stereocenters. The minimum Gasteiger partial charge on any atom is -0.493 e. The predicted octanol–water partition coefficient (Wildman–Crippen LogP) is 7.59. The number of aromatic nitrogens is 2. The van der Waals surface area contributed by atoms with E-state index in [0.29, 0.717) is 55.2 Å². The topological polar surface area (TPSA) is 78.9 Å². The van der Waals surface area contributed by atoms with E-state index in [4.69, 9.17) is 42.1 Å². The fraction of sp³-hybridized carbons (Fsp3) is 0.0645. The third-order valence-electron chi connectivity index (χ3n) is 6.29. The molecular weight excluding hydrogens is 549 g/mol. The summed E-state index contributed by atoms with van der Waals surface area (Å²) in [5.41, 5.74) is 2.49. The molecule has 0 radical (unpaired) electrons. The second-order valence-corrected chi connectivity index (χ2v) is 9.72. The van der Waals surface area contributed by atoms with Gasteiger partial charge in [0.15, 0.2) is 17.3 Å². The molecule has 7 nitrogen and oxygen atoms in total. The maximum atomic E-state index is 13.5. The molecule has 0 aliphatic rings. The smallest absolute Gasteiger partial charge is 0.282 e. The summed E-state index contributed by atoms with van der Waals surface area (Å²) in [5.74, 6) is 1.78. The monoisotopic (exact) mass is 569 g/mol. The number of fused-ring (bicyclic) bond motifs is 2. The van der Waals surface area contributed by atoms with Crippen LogP contribution in [0.3, 0.4) is 0 Å². The molecule has 0 aliphatic carbocycles. The molecule has 4 aromatic carbocycles. The van der Waals surface area contributed by atoms with Crippen LogP contribution in [0.15, 0.2) is 105 Å². The van der Waals surface area contributed by atoms with Crippen LogP contribution in [0.2, 0.25) is 10.0 Å². The SMILES string of the molecule is COc1cc(C=Nn2c(-c3cc4ccccc4o3)nc3ccccc3c2=O)ccc1OCc1ccc(Cl)c(Cl)c1. The van der Waals surface area contributed by atoms with Gasteiger partial charge in [-0.1, -0.05) is 59.6 Å². The van der Waals surface area contributed by atoms with Crippen LogP contribution in [-0.2, 0) is 6.61 Å². The van der Waals surface area contributed by atoms with E-state index in [-0.39, 0.29) is 12.2 Å². The molecule has 0 atom stereocenters. The Labute approximate surface area is 238 Å². The third kappa shape index (κ3) is 5.04. The van der Waals surface area contributed by atoms with Crippen molar-refractivity contribution < 1.29 is 13.9 Å². The average Bonchev–Trinajstić information content (AvgIpc) is 3.42. The lowest BCUT2D eigenvalue weighted by Gasteiger charge is -2.12. The average molecular weight is 570 g/mol. The van der Waals surface area contributed by atoms with Gasteiger partial charge in [0.25, 0.3) is 5.56 Å². The number of para-hydroxylation sites is 2. The maximum absolute atomic E-state index is 13.5. The van der Waals surface area contributed by atoms with E-state index < -0.39 is 0 Å². The number of halogens is 2. The normalized spacial score (nSPS) is 11.5. The van der Waals surface area contributed by atoms with Crippen molar-refractivity contribution in [2.45, 2.75) is 6.61 Å². The van der Waals surface area contributed by atoms with Crippen molar-refractivity contribution in [2.75, 3.05) is 7.11 Å². The molecule has 0 fully saturated rings. The molecule has 6 rings (SSSR count). The Hall–Kier alpha value is -4.59. The van der Waals surface area contributed by atoms with Crippen LogP contribution < -0.4 is 15.0 Å². The van der Waals surface area contributed by atoms with E-state index in [1.165, 1.54) is 4.68 Å². The number of rotatable bonds is 7. The van der Waals surface area contributed by atoms with Crippen molar-refractivity contribution in [3.8, 4) is 23.1 Å². The zero-order chi connectivity index (χ0) is 27.6. The first kappa shape index (κ1) is 25.7. The molecule has 0 bridgehead atoms. The van der Waals surface area contributed by atoms with Crippen LogP contribution in [0.1, 0.15) is 11.1 Å². The lowest BCUT2D eigenvalue weighted by atomic mass is 10.2. The van der Waals surface area contributed by atoms with Gasteiger partial charge in [-0.15, -0.1) is 0 Å². The van der Waals surface area contributed by atoms with Gasteiger partial charge >= 0.3 is 0 Å². The molecule has 0 amide bonds. The molecule has 0 aliphatic heterocycles. The highest BCUT2D eigenvalue weighted by Gasteiger charge is 2.16. The summed E-state index contributed by atoms with van der Waals surface area (Å²) in [4.78, 5) is 18.2. The molecule has 2 heterocycles. The first-order chi connectivity index (χ1) is 19.5. The van der Waals surface area contributed by atoms with Crippen LogP contribution in [0.4, 0.5) is 0 Å². The minimum absolute atomic E-state index is 0.277. The summed E-state index contributed by atoms with van der Waals surface area (Å²) in [6, 6.07) is 27.3. The summed E-state index contributed by atoms with van der Waals surface area (Å²) >= 11 is 12.1. The van der Waals surface area contributed by atoms with Crippen molar-refractivity contribution in [2.24, 2.45) is 5.10 Å². The fourth-order valence-corrected chi connectivity index (χ4v) is 4.60. The number of ether oxygens (including phenoxy) is 2. The van der Waals surface area contributed by atoms with Crippen molar-refractivity contribution in [3.05, 3.63) is 123 Å². The van der Waals surface area contributed by atoms with Crippen LogP contribution in [0, 0.1) is 0 Å². The third-order valence-corrected chi connectivity index (χ3v) is 7.03. The van der Waals surface area contributed by atoms with Crippen molar-refractivity contribution in [1.82, 2.24) is 9.66 Å². The van der Waals surface area contributed by atoms with Gasteiger partial charge in [-0.3, -0.25) is 4.79 Å². The predicted molar refractivity (Wildman–Crippen MR) is 158 cm³/mol. The quantitative estimate of drug-likeness (QED) is 0.185. The van der Waals surface area contributed by atoms with Gasteiger partial charge in [-0.05, 0) is 65.7 Å². The second kappa shape index (κ2) is 10.9. The highest BCUT2D eigenvalue weighted by atomic mass is 35.5. The standard InChI is InChI=1S/C31H21Cl2N3O4/c1-38-28-15-19(11-13-27(28)39-18-20-10-12-23(32)24(33)14-20)17-34-36-30(29-16-21-6-2-5-9-26(21)40-29)35-25-8-4-3-7-22(25)31(36)37/h2-17H,18H2,1H3. The highest BCUT2D eigenvalue weighted by Crippen LogP contribution is 2.30. The van der Waals surface area contributed by atoms with Gasteiger partial charge in [0.05, 0.1) is 34.3 Å². The van der Waals surface area contributed by atoms with Crippen molar-refractivity contribution >= 4 is 51.3 Å². The number of methoxy groups -OCH3 is 1. The Morgan fingerprint density at radius 1 is 0.925 bits per heavy atom. The maximum Gasteiger partial charge on any atom is 0.282 e. The zero-order valence-corrected chi connectivity index (χ0v) is 22.7. The molecule has 6 aromatic rings. The van der Waals surface area contributed by atoms with E-state index in [0.717, 1.165) is 10.9 Å². The van der Waals surface area contributed by atoms with Crippen LogP contribution in [-0.4, -0.2) is 23.0 Å². The molecule has 0 spiro atoms. The lowest BCUT2D eigenvalue weighted by molar-refractivity contribution is 0.284. The van der Waals surface area contributed by atoms with Crippen LogP contribution in [0.25, 0.3) is 33.5 Å². The fourth-order valence-electron chi connectivity index (χ4n) is 4.28. The molecule has 0 N–H and O–H groups in total. The highest BCUT2D eigenvalue weighted by molar-refractivity contribution is 6.42. The number of furan rings is 1. The first-order valence-corrected chi connectivity index (χ1v) is 13.1. The summed E-state index contributed by atoms with van der Waals surface area (Å²) < 4.78 is 18.8.